The van der Waals surface area contributed by atoms with E-state index < -0.39 is 0 Å². The van der Waals surface area contributed by atoms with Crippen LogP contribution in [0, 0.1) is 0 Å². The maximum atomic E-state index is 4.51. The van der Waals surface area contributed by atoms with Crippen molar-refractivity contribution in [1.82, 2.24) is 24.1 Å². The molecule has 0 bridgehead atoms. The van der Waals surface area contributed by atoms with Crippen molar-refractivity contribution in [2.24, 2.45) is 0 Å². The molecule has 3 aromatic carbocycles. The van der Waals surface area contributed by atoms with Gasteiger partial charge in [-0.25, -0.2) is 9.97 Å². The highest BCUT2D eigenvalue weighted by molar-refractivity contribution is 6.09. The Hall–Kier alpha value is -4.12. The van der Waals surface area contributed by atoms with E-state index in [0.717, 1.165) is 23.0 Å². The highest BCUT2D eigenvalue weighted by Crippen LogP contribution is 2.37. The summed E-state index contributed by atoms with van der Waals surface area (Å²) in [6.45, 7) is 13.7. The Morgan fingerprint density at radius 1 is 0.649 bits per heavy atom. The first-order chi connectivity index (χ1) is 17.6. The van der Waals surface area contributed by atoms with Crippen molar-refractivity contribution in [2.75, 3.05) is 0 Å². The molecule has 0 saturated heterocycles. The number of fused-ring (bicyclic) bond motifs is 3. The number of nitrogens with one attached hydrogen (secondary N) is 1. The first kappa shape index (κ1) is 23.3. The molecule has 0 aliphatic rings. The quantitative estimate of drug-likeness (QED) is 0.275. The van der Waals surface area contributed by atoms with E-state index in [4.69, 9.17) is 0 Å². The molecule has 0 aliphatic carbocycles. The van der Waals surface area contributed by atoms with Gasteiger partial charge >= 0.3 is 0 Å². The molecule has 1 N–H and O–H groups in total. The number of nitrogens with zero attached hydrogens (tertiary/aromatic N) is 4. The lowest BCUT2D eigenvalue weighted by molar-refractivity contribution is 0.590. The Bertz CT molecular complexity index is 1650. The van der Waals surface area contributed by atoms with Gasteiger partial charge in [-0.2, -0.15) is 0 Å². The minimum atomic E-state index is 0.0857. The number of hydrogen-bond acceptors (Lipinski definition) is 2. The van der Waals surface area contributed by atoms with Crippen LogP contribution in [0.1, 0.15) is 52.7 Å². The van der Waals surface area contributed by atoms with E-state index in [2.05, 4.69) is 126 Å². The van der Waals surface area contributed by atoms with Crippen LogP contribution in [0.4, 0.5) is 0 Å². The molecule has 0 fully saturated rings. The van der Waals surface area contributed by atoms with Gasteiger partial charge in [0, 0.05) is 46.9 Å². The van der Waals surface area contributed by atoms with Crippen LogP contribution in [0.5, 0.6) is 0 Å². The van der Waals surface area contributed by atoms with Gasteiger partial charge in [-0.1, -0.05) is 53.7 Å². The summed E-state index contributed by atoms with van der Waals surface area (Å²) in [7, 11) is 0. The predicted octanol–water partition coefficient (Wildman–Crippen LogP) is 7.95. The average Bonchev–Trinajstić information content (AvgIpc) is 3.61. The fraction of sp³-hybridized carbons (Fsp3) is 0.250. The molecule has 6 rings (SSSR count). The zero-order valence-electron chi connectivity index (χ0n) is 22.4. The molecule has 0 unspecified atom stereocenters. The Morgan fingerprint density at radius 2 is 1.22 bits per heavy atom. The Kier molecular flexibility index (Phi) is 5.16. The second-order valence-corrected chi connectivity index (χ2v) is 11.9. The molecule has 0 spiro atoms. The first-order valence-electron chi connectivity index (χ1n) is 12.8. The SMILES string of the molecule is CC(C)(C)c1ccc2c(c1)c1cc(C(C)(C)C)ccc1n2-c1ccc(-n2ccnc2-c2ncc[nH]2)cc1. The number of H-pyrrole nitrogens is 1. The van der Waals surface area contributed by atoms with Gasteiger partial charge in [0.15, 0.2) is 11.6 Å². The van der Waals surface area contributed by atoms with Crippen LogP contribution in [0.25, 0.3) is 44.8 Å². The summed E-state index contributed by atoms with van der Waals surface area (Å²) in [6, 6.07) is 22.6. The molecule has 186 valence electrons. The standard InChI is InChI=1S/C32H33N5/c1-31(2,3)21-7-13-27-25(19-21)26-20-22(32(4,5)6)8-14-28(26)37(27)24-11-9-23(10-12-24)36-18-17-35-30(36)29-33-15-16-34-29/h7-20H,1-6H3,(H,33,34). The summed E-state index contributed by atoms with van der Waals surface area (Å²) in [5, 5.41) is 2.60. The molecule has 0 aliphatic heterocycles. The minimum absolute atomic E-state index is 0.0857. The molecule has 6 aromatic rings. The van der Waals surface area contributed by atoms with Gasteiger partial charge < -0.3 is 9.55 Å². The van der Waals surface area contributed by atoms with Gasteiger partial charge in [0.1, 0.15) is 0 Å². The fourth-order valence-electron chi connectivity index (χ4n) is 5.07. The van der Waals surface area contributed by atoms with E-state index in [1.54, 1.807) is 12.4 Å². The number of aromatic nitrogens is 5. The Labute approximate surface area is 217 Å². The van der Waals surface area contributed by atoms with Crippen molar-refractivity contribution >= 4 is 21.8 Å². The highest BCUT2D eigenvalue weighted by Gasteiger charge is 2.21. The monoisotopic (exact) mass is 487 g/mol. The second-order valence-electron chi connectivity index (χ2n) is 11.9. The molecule has 3 heterocycles. The largest absolute Gasteiger partial charge is 0.342 e. The average molecular weight is 488 g/mol. The van der Waals surface area contributed by atoms with Crippen LogP contribution in [0.3, 0.4) is 0 Å². The summed E-state index contributed by atoms with van der Waals surface area (Å²) in [6.07, 6.45) is 7.33. The zero-order chi connectivity index (χ0) is 25.9. The maximum Gasteiger partial charge on any atom is 0.180 e. The third-order valence-electron chi connectivity index (χ3n) is 7.23. The minimum Gasteiger partial charge on any atom is -0.342 e. The van der Waals surface area contributed by atoms with Crippen molar-refractivity contribution in [1.29, 1.82) is 0 Å². The second kappa shape index (κ2) is 8.20. The van der Waals surface area contributed by atoms with Gasteiger partial charge in [0.25, 0.3) is 0 Å². The van der Waals surface area contributed by atoms with Crippen LogP contribution in [-0.4, -0.2) is 24.1 Å². The van der Waals surface area contributed by atoms with Crippen LogP contribution in [-0.2, 0) is 10.8 Å². The van der Waals surface area contributed by atoms with Gasteiger partial charge in [-0.15, -0.1) is 0 Å². The molecule has 5 heteroatoms. The topological polar surface area (TPSA) is 51.4 Å². The van der Waals surface area contributed by atoms with E-state index in [9.17, 15) is 0 Å². The number of aromatic amines is 1. The van der Waals surface area contributed by atoms with Crippen LogP contribution < -0.4 is 0 Å². The summed E-state index contributed by atoms with van der Waals surface area (Å²) < 4.78 is 4.44. The Balaban J connectivity index is 1.53. The van der Waals surface area contributed by atoms with Gasteiger partial charge in [0.2, 0.25) is 0 Å². The summed E-state index contributed by atoms with van der Waals surface area (Å²) in [4.78, 5) is 12.0. The van der Waals surface area contributed by atoms with Crippen LogP contribution >= 0.6 is 0 Å². The molecular weight excluding hydrogens is 454 g/mol. The van der Waals surface area contributed by atoms with Crippen LogP contribution in [0.2, 0.25) is 0 Å². The molecule has 0 radical (unpaired) electrons. The smallest absolute Gasteiger partial charge is 0.180 e. The van der Waals surface area contributed by atoms with E-state index in [1.807, 2.05) is 12.4 Å². The number of rotatable bonds is 3. The van der Waals surface area contributed by atoms with Crippen molar-refractivity contribution in [3.8, 4) is 23.0 Å². The molecule has 5 nitrogen and oxygen atoms in total. The van der Waals surface area contributed by atoms with Crippen molar-refractivity contribution in [3.05, 3.63) is 96.6 Å². The Morgan fingerprint density at radius 3 is 1.73 bits per heavy atom. The summed E-state index contributed by atoms with van der Waals surface area (Å²) in [5.41, 5.74) is 7.49. The number of hydrogen-bond donors (Lipinski definition) is 1. The van der Waals surface area contributed by atoms with Gasteiger partial charge in [0.05, 0.1) is 11.0 Å². The third kappa shape index (κ3) is 3.95. The highest BCUT2D eigenvalue weighted by atomic mass is 15.1. The summed E-state index contributed by atoms with van der Waals surface area (Å²) >= 11 is 0. The van der Waals surface area contributed by atoms with Crippen molar-refractivity contribution in [3.63, 3.8) is 0 Å². The van der Waals surface area contributed by atoms with Gasteiger partial charge in [-0.05, 0) is 70.5 Å². The summed E-state index contributed by atoms with van der Waals surface area (Å²) in [5.74, 6) is 1.54. The zero-order valence-corrected chi connectivity index (χ0v) is 22.4. The van der Waals surface area contributed by atoms with Crippen LogP contribution in [0.15, 0.2) is 85.5 Å². The fourth-order valence-corrected chi connectivity index (χ4v) is 5.07. The van der Waals surface area contributed by atoms with Gasteiger partial charge in [-0.3, -0.25) is 4.57 Å². The molecule has 37 heavy (non-hydrogen) atoms. The van der Waals surface area contributed by atoms with E-state index in [0.29, 0.717) is 0 Å². The lowest BCUT2D eigenvalue weighted by Gasteiger charge is -2.19. The van der Waals surface area contributed by atoms with E-state index in [1.165, 1.54) is 32.9 Å². The van der Waals surface area contributed by atoms with E-state index >= 15 is 0 Å². The maximum absolute atomic E-state index is 4.51. The molecule has 0 amide bonds. The van der Waals surface area contributed by atoms with E-state index in [-0.39, 0.29) is 10.8 Å². The normalized spacial score (nSPS) is 12.6. The molecular formula is C32H33N5. The molecule has 3 aromatic heterocycles. The lowest BCUT2D eigenvalue weighted by atomic mass is 9.85. The number of benzene rings is 3. The van der Waals surface area contributed by atoms with Crippen molar-refractivity contribution in [2.45, 2.75) is 52.4 Å². The number of imidazole rings is 2. The van der Waals surface area contributed by atoms with Crippen molar-refractivity contribution < 1.29 is 0 Å². The first-order valence-corrected chi connectivity index (χ1v) is 12.8. The molecule has 0 atom stereocenters. The third-order valence-corrected chi connectivity index (χ3v) is 7.23. The molecule has 0 saturated carbocycles. The lowest BCUT2D eigenvalue weighted by Crippen LogP contribution is -2.10. The predicted molar refractivity (Wildman–Crippen MR) is 153 cm³/mol.